The van der Waals surface area contributed by atoms with Crippen LogP contribution in [0.5, 0.6) is 0 Å². The zero-order chi connectivity index (χ0) is 12.8. The molecule has 0 aliphatic rings. The van der Waals surface area contributed by atoms with Crippen molar-refractivity contribution >= 4 is 27.3 Å². The maximum atomic E-state index is 6.14. The Morgan fingerprint density at radius 3 is 2.65 bits per heavy atom. The lowest BCUT2D eigenvalue weighted by atomic mass is 10.1. The summed E-state index contributed by atoms with van der Waals surface area (Å²) in [6, 6.07) is 4.61. The van der Waals surface area contributed by atoms with Crippen molar-refractivity contribution in [1.29, 1.82) is 0 Å². The van der Waals surface area contributed by atoms with Gasteiger partial charge < -0.3 is 10.5 Å². The average molecular weight is 321 g/mol. The molecule has 0 amide bonds. The first-order valence-corrected chi connectivity index (χ1v) is 7.44. The Labute approximate surface area is 116 Å². The topological polar surface area (TPSA) is 38.5 Å². The van der Waals surface area contributed by atoms with Gasteiger partial charge in [0.05, 0.1) is 16.4 Å². The summed E-state index contributed by atoms with van der Waals surface area (Å²) in [7, 11) is 1.73. The first-order chi connectivity index (χ1) is 8.10. The fourth-order valence-electron chi connectivity index (χ4n) is 1.96. The van der Waals surface area contributed by atoms with E-state index < -0.39 is 0 Å². The lowest BCUT2D eigenvalue weighted by Gasteiger charge is -2.32. The fraction of sp³-hybridized carbons (Fsp3) is 0.667. The van der Waals surface area contributed by atoms with Crippen LogP contribution in [0.25, 0.3) is 0 Å². The van der Waals surface area contributed by atoms with Gasteiger partial charge in [-0.15, -0.1) is 11.3 Å². The third-order valence-electron chi connectivity index (χ3n) is 2.77. The molecule has 0 aromatic carbocycles. The van der Waals surface area contributed by atoms with Crippen LogP contribution in [0.4, 0.5) is 0 Å². The Bertz CT molecular complexity index is 330. The highest BCUT2D eigenvalue weighted by atomic mass is 79.9. The molecule has 98 valence electrons. The van der Waals surface area contributed by atoms with E-state index in [1.807, 2.05) is 0 Å². The molecule has 1 aromatic heterocycles. The predicted octanol–water partition coefficient (Wildman–Crippen LogP) is 2.87. The molecule has 0 bridgehead atoms. The number of nitrogens with two attached hydrogens (primary N) is 1. The zero-order valence-electron chi connectivity index (χ0n) is 10.6. The van der Waals surface area contributed by atoms with Crippen molar-refractivity contribution in [1.82, 2.24) is 4.90 Å². The standard InChI is InChI=1S/C12H21BrN2OS/c1-4-15(7-8-16-3)12(9(2)14)10-5-6-11(13)17-10/h5-6,9,12H,4,7-8,14H2,1-3H3. The summed E-state index contributed by atoms with van der Waals surface area (Å²) in [5.41, 5.74) is 6.14. The smallest absolute Gasteiger partial charge is 0.0702 e. The van der Waals surface area contributed by atoms with Gasteiger partial charge >= 0.3 is 0 Å². The Morgan fingerprint density at radius 2 is 2.24 bits per heavy atom. The van der Waals surface area contributed by atoms with E-state index in [1.165, 1.54) is 4.88 Å². The van der Waals surface area contributed by atoms with Crippen LogP contribution in [0.15, 0.2) is 15.9 Å². The summed E-state index contributed by atoms with van der Waals surface area (Å²) >= 11 is 5.26. The second kappa shape index (κ2) is 7.48. The van der Waals surface area contributed by atoms with Crippen molar-refractivity contribution in [2.75, 3.05) is 26.8 Å². The van der Waals surface area contributed by atoms with Crippen LogP contribution in [-0.4, -0.2) is 37.7 Å². The van der Waals surface area contributed by atoms with Gasteiger partial charge in [-0.2, -0.15) is 0 Å². The summed E-state index contributed by atoms with van der Waals surface area (Å²) in [6.45, 7) is 6.85. The maximum Gasteiger partial charge on any atom is 0.0702 e. The van der Waals surface area contributed by atoms with Crippen molar-refractivity contribution in [2.45, 2.75) is 25.9 Å². The molecule has 2 N–H and O–H groups in total. The molecule has 2 atom stereocenters. The maximum absolute atomic E-state index is 6.14. The molecule has 17 heavy (non-hydrogen) atoms. The number of methoxy groups -OCH3 is 1. The van der Waals surface area contributed by atoms with E-state index >= 15 is 0 Å². The van der Waals surface area contributed by atoms with Crippen LogP contribution in [0.3, 0.4) is 0 Å². The molecule has 0 saturated carbocycles. The minimum Gasteiger partial charge on any atom is -0.383 e. The molecule has 3 nitrogen and oxygen atoms in total. The number of ether oxygens (including phenoxy) is 1. The molecule has 5 heteroatoms. The molecule has 1 aromatic rings. The highest BCUT2D eigenvalue weighted by Crippen LogP contribution is 2.32. The van der Waals surface area contributed by atoms with Gasteiger partial charge in [0.2, 0.25) is 0 Å². The van der Waals surface area contributed by atoms with Crippen LogP contribution < -0.4 is 5.73 Å². The van der Waals surface area contributed by atoms with Crippen LogP contribution in [-0.2, 0) is 4.74 Å². The molecular formula is C12H21BrN2OS. The lowest BCUT2D eigenvalue weighted by Crippen LogP contribution is -2.40. The van der Waals surface area contributed by atoms with Crippen LogP contribution in [0.1, 0.15) is 24.8 Å². The van der Waals surface area contributed by atoms with Gasteiger partial charge in [-0.3, -0.25) is 4.90 Å². The van der Waals surface area contributed by atoms with E-state index in [2.05, 4.69) is 46.8 Å². The SMILES string of the molecule is CCN(CCOC)C(c1ccc(Br)s1)C(C)N. The van der Waals surface area contributed by atoms with Crippen LogP contribution in [0, 0.1) is 0 Å². The molecule has 1 heterocycles. The Hall–Kier alpha value is 0.0600. The zero-order valence-corrected chi connectivity index (χ0v) is 13.1. The predicted molar refractivity (Wildman–Crippen MR) is 77.5 cm³/mol. The Kier molecular flexibility index (Phi) is 6.66. The second-order valence-corrected chi connectivity index (χ2v) is 6.56. The molecule has 0 radical (unpaired) electrons. The van der Waals surface area contributed by atoms with Gasteiger partial charge in [-0.1, -0.05) is 6.92 Å². The molecular weight excluding hydrogens is 300 g/mol. The van der Waals surface area contributed by atoms with E-state index in [4.69, 9.17) is 10.5 Å². The summed E-state index contributed by atoms with van der Waals surface area (Å²) in [6.07, 6.45) is 0. The summed E-state index contributed by atoms with van der Waals surface area (Å²) in [5, 5.41) is 0. The van der Waals surface area contributed by atoms with Gasteiger partial charge in [0.15, 0.2) is 0 Å². The molecule has 0 spiro atoms. The number of rotatable bonds is 7. The van der Waals surface area contributed by atoms with E-state index in [9.17, 15) is 0 Å². The normalized spacial score (nSPS) is 15.2. The number of nitrogens with zero attached hydrogens (tertiary/aromatic N) is 1. The summed E-state index contributed by atoms with van der Waals surface area (Å²) in [5.74, 6) is 0. The molecule has 0 aliphatic heterocycles. The highest BCUT2D eigenvalue weighted by Gasteiger charge is 2.24. The van der Waals surface area contributed by atoms with E-state index in [0.29, 0.717) is 0 Å². The van der Waals surface area contributed by atoms with Crippen molar-refractivity contribution < 1.29 is 4.74 Å². The summed E-state index contributed by atoms with van der Waals surface area (Å²) < 4.78 is 6.31. The van der Waals surface area contributed by atoms with Crippen LogP contribution in [0.2, 0.25) is 0 Å². The molecule has 0 aliphatic carbocycles. The largest absolute Gasteiger partial charge is 0.383 e. The number of hydrogen-bond donors (Lipinski definition) is 1. The minimum atomic E-state index is 0.109. The number of halogens is 1. The number of likely N-dealkylation sites (N-methyl/N-ethyl adjacent to an activating group) is 1. The highest BCUT2D eigenvalue weighted by molar-refractivity contribution is 9.11. The van der Waals surface area contributed by atoms with Crippen molar-refractivity contribution in [3.05, 3.63) is 20.8 Å². The van der Waals surface area contributed by atoms with Gasteiger partial charge in [-0.25, -0.2) is 0 Å². The van der Waals surface area contributed by atoms with Crippen molar-refractivity contribution in [3.63, 3.8) is 0 Å². The van der Waals surface area contributed by atoms with Crippen molar-refractivity contribution in [2.24, 2.45) is 5.73 Å². The minimum absolute atomic E-state index is 0.109. The number of hydrogen-bond acceptors (Lipinski definition) is 4. The first-order valence-electron chi connectivity index (χ1n) is 5.84. The Balaban J connectivity index is 2.83. The Morgan fingerprint density at radius 1 is 1.53 bits per heavy atom. The quantitative estimate of drug-likeness (QED) is 0.839. The van der Waals surface area contributed by atoms with Crippen LogP contribution >= 0.6 is 27.3 Å². The van der Waals surface area contributed by atoms with E-state index in [1.54, 1.807) is 18.4 Å². The third-order valence-corrected chi connectivity index (χ3v) is 4.46. The third kappa shape index (κ3) is 4.34. The molecule has 2 unspecified atom stereocenters. The monoisotopic (exact) mass is 320 g/mol. The summed E-state index contributed by atoms with van der Waals surface area (Å²) in [4.78, 5) is 3.68. The average Bonchev–Trinajstić information content (AvgIpc) is 2.69. The van der Waals surface area contributed by atoms with Gasteiger partial charge in [0.1, 0.15) is 0 Å². The number of thiophene rings is 1. The second-order valence-electron chi connectivity index (χ2n) is 4.07. The van der Waals surface area contributed by atoms with Gasteiger partial charge in [0, 0.05) is 24.6 Å². The van der Waals surface area contributed by atoms with Crippen molar-refractivity contribution in [3.8, 4) is 0 Å². The van der Waals surface area contributed by atoms with E-state index in [0.717, 1.165) is 23.5 Å². The first kappa shape index (κ1) is 15.1. The van der Waals surface area contributed by atoms with Gasteiger partial charge in [-0.05, 0) is 41.5 Å². The fourth-order valence-corrected chi connectivity index (χ4v) is 3.64. The molecule has 0 fully saturated rings. The van der Waals surface area contributed by atoms with E-state index in [-0.39, 0.29) is 12.1 Å². The lowest BCUT2D eigenvalue weighted by molar-refractivity contribution is 0.116. The molecule has 0 saturated heterocycles. The molecule has 1 rings (SSSR count). The van der Waals surface area contributed by atoms with Gasteiger partial charge in [0.25, 0.3) is 0 Å².